The van der Waals surface area contributed by atoms with Crippen LogP contribution in [0.3, 0.4) is 0 Å². The monoisotopic (exact) mass is 737 g/mol. The number of hydrogen-bond acceptors (Lipinski definition) is 1. The Kier molecular flexibility index (Phi) is 6.37. The third kappa shape index (κ3) is 4.02. The zero-order valence-electron chi connectivity index (χ0n) is 31.5. The highest BCUT2D eigenvalue weighted by Crippen LogP contribution is 2.61. The van der Waals surface area contributed by atoms with Gasteiger partial charge in [-0.1, -0.05) is 140 Å². The number of benzene rings is 9. The molecular weight excluding hydrogens is 703 g/mol. The zero-order valence-corrected chi connectivity index (χ0v) is 31.5. The number of anilines is 3. The highest BCUT2D eigenvalue weighted by atomic mass is 15.1. The summed E-state index contributed by atoms with van der Waals surface area (Å²) in [7, 11) is 0. The van der Waals surface area contributed by atoms with E-state index >= 15 is 0 Å². The predicted molar refractivity (Wildman–Crippen MR) is 241 cm³/mol. The summed E-state index contributed by atoms with van der Waals surface area (Å²) in [5.41, 5.74) is 18.0. The van der Waals surface area contributed by atoms with Gasteiger partial charge in [-0.15, -0.1) is 0 Å². The lowest BCUT2D eigenvalue weighted by Crippen LogP contribution is -2.33. The molecule has 270 valence electrons. The average molecular weight is 738 g/mol. The summed E-state index contributed by atoms with van der Waals surface area (Å²) >= 11 is 0. The van der Waals surface area contributed by atoms with Crippen molar-refractivity contribution >= 4 is 60.7 Å². The molecule has 3 heterocycles. The Morgan fingerprint density at radius 3 is 1.48 bits per heavy atom. The molecule has 0 atom stereocenters. The summed E-state index contributed by atoms with van der Waals surface area (Å²) in [5, 5.41) is 4.98. The quantitative estimate of drug-likeness (QED) is 0.175. The molecule has 0 amide bonds. The second kappa shape index (κ2) is 11.7. The first-order chi connectivity index (χ1) is 28.8. The Morgan fingerprint density at radius 1 is 0.328 bits per heavy atom. The van der Waals surface area contributed by atoms with Crippen molar-refractivity contribution in [3.05, 3.63) is 235 Å². The molecule has 11 aromatic rings. The smallest absolute Gasteiger partial charge is 0.0755 e. The minimum absolute atomic E-state index is 0.538. The van der Waals surface area contributed by atoms with Crippen LogP contribution in [-0.4, -0.2) is 9.13 Å². The Balaban J connectivity index is 1.22. The van der Waals surface area contributed by atoms with Crippen LogP contribution in [-0.2, 0) is 5.41 Å². The van der Waals surface area contributed by atoms with Crippen LogP contribution in [0.25, 0.3) is 66.1 Å². The van der Waals surface area contributed by atoms with Crippen LogP contribution < -0.4 is 4.90 Å². The summed E-state index contributed by atoms with van der Waals surface area (Å²) < 4.78 is 5.05. The fourth-order valence-corrected chi connectivity index (χ4v) is 10.7. The topological polar surface area (TPSA) is 13.1 Å². The molecule has 0 saturated carbocycles. The molecule has 13 rings (SSSR count). The van der Waals surface area contributed by atoms with Crippen molar-refractivity contribution in [2.45, 2.75) is 5.41 Å². The van der Waals surface area contributed by atoms with E-state index in [1.165, 1.54) is 82.7 Å². The van der Waals surface area contributed by atoms with E-state index in [1.54, 1.807) is 0 Å². The summed E-state index contributed by atoms with van der Waals surface area (Å²) in [6.07, 6.45) is 0. The van der Waals surface area contributed by atoms with Crippen molar-refractivity contribution in [1.82, 2.24) is 9.13 Å². The van der Waals surface area contributed by atoms with E-state index in [4.69, 9.17) is 0 Å². The van der Waals surface area contributed by atoms with Gasteiger partial charge in [0.25, 0.3) is 0 Å². The Labute approximate surface area is 335 Å². The normalized spacial score (nSPS) is 13.3. The average Bonchev–Trinajstić information content (AvgIpc) is 3.91. The summed E-state index contributed by atoms with van der Waals surface area (Å²) in [5.74, 6) is 0. The fraction of sp³-hybridized carbons (Fsp3) is 0.0182. The van der Waals surface area contributed by atoms with Gasteiger partial charge in [0.05, 0.1) is 33.2 Å². The van der Waals surface area contributed by atoms with E-state index < -0.39 is 5.41 Å². The molecular formula is C55H35N3. The number of rotatable bonds is 4. The number of aromatic nitrogens is 2. The molecule has 1 aliphatic carbocycles. The number of nitrogens with zero attached hydrogens (tertiary/aromatic N) is 3. The van der Waals surface area contributed by atoms with E-state index in [-0.39, 0.29) is 0 Å². The van der Waals surface area contributed by atoms with Gasteiger partial charge < -0.3 is 14.0 Å². The lowest BCUT2D eigenvalue weighted by Gasteiger charge is -2.39. The van der Waals surface area contributed by atoms with E-state index in [0.717, 1.165) is 22.7 Å². The maximum Gasteiger partial charge on any atom is 0.0755 e. The minimum Gasteiger partial charge on any atom is -0.310 e. The van der Waals surface area contributed by atoms with E-state index in [2.05, 4.69) is 226 Å². The van der Waals surface area contributed by atoms with Crippen molar-refractivity contribution in [3.63, 3.8) is 0 Å². The maximum absolute atomic E-state index is 2.55. The minimum atomic E-state index is -0.538. The van der Waals surface area contributed by atoms with Gasteiger partial charge in [0.1, 0.15) is 0 Å². The van der Waals surface area contributed by atoms with Gasteiger partial charge in [-0.2, -0.15) is 0 Å². The first kappa shape index (κ1) is 31.6. The summed E-state index contributed by atoms with van der Waals surface area (Å²) in [4.78, 5) is 2.37. The van der Waals surface area contributed by atoms with Crippen LogP contribution in [0.1, 0.15) is 22.3 Å². The lowest BCUT2D eigenvalue weighted by molar-refractivity contribution is 0.747. The fourth-order valence-electron chi connectivity index (χ4n) is 10.7. The molecule has 0 bridgehead atoms. The molecule has 9 aromatic carbocycles. The van der Waals surface area contributed by atoms with Crippen LogP contribution in [0.4, 0.5) is 17.1 Å². The van der Waals surface area contributed by atoms with Crippen molar-refractivity contribution < 1.29 is 0 Å². The molecule has 3 nitrogen and oxygen atoms in total. The van der Waals surface area contributed by atoms with Crippen LogP contribution in [0, 0.1) is 0 Å². The van der Waals surface area contributed by atoms with Crippen LogP contribution in [0.5, 0.6) is 0 Å². The van der Waals surface area contributed by atoms with E-state index in [1.807, 2.05) is 0 Å². The van der Waals surface area contributed by atoms with Crippen LogP contribution in [0.15, 0.2) is 212 Å². The van der Waals surface area contributed by atoms with Crippen molar-refractivity contribution in [3.8, 4) is 22.5 Å². The first-order valence-corrected chi connectivity index (χ1v) is 20.1. The van der Waals surface area contributed by atoms with Crippen molar-refractivity contribution in [1.29, 1.82) is 0 Å². The Morgan fingerprint density at radius 2 is 0.845 bits per heavy atom. The van der Waals surface area contributed by atoms with Gasteiger partial charge >= 0.3 is 0 Å². The number of para-hydroxylation sites is 5. The highest BCUT2D eigenvalue weighted by Gasteiger charge is 2.51. The van der Waals surface area contributed by atoms with Gasteiger partial charge in [-0.3, -0.25) is 0 Å². The van der Waals surface area contributed by atoms with Gasteiger partial charge in [0.15, 0.2) is 0 Å². The van der Waals surface area contributed by atoms with Gasteiger partial charge in [0.2, 0.25) is 0 Å². The molecule has 2 aliphatic rings. The van der Waals surface area contributed by atoms with Gasteiger partial charge in [-0.05, 0) is 106 Å². The largest absolute Gasteiger partial charge is 0.310 e. The zero-order chi connectivity index (χ0) is 38.0. The molecule has 0 saturated heterocycles. The third-order valence-corrected chi connectivity index (χ3v) is 12.9. The van der Waals surface area contributed by atoms with Crippen molar-refractivity contribution in [2.24, 2.45) is 0 Å². The van der Waals surface area contributed by atoms with Gasteiger partial charge in [0, 0.05) is 44.3 Å². The van der Waals surface area contributed by atoms with Crippen LogP contribution >= 0.6 is 0 Å². The number of hydrogen-bond donors (Lipinski definition) is 0. The number of fused-ring (bicyclic) bond motifs is 15. The molecule has 1 aliphatic heterocycles. The molecule has 58 heavy (non-hydrogen) atoms. The van der Waals surface area contributed by atoms with Crippen LogP contribution in [0.2, 0.25) is 0 Å². The van der Waals surface area contributed by atoms with E-state index in [9.17, 15) is 0 Å². The third-order valence-electron chi connectivity index (χ3n) is 12.9. The summed E-state index contributed by atoms with van der Waals surface area (Å²) in [6.45, 7) is 0. The molecule has 3 heteroatoms. The molecule has 0 fully saturated rings. The molecule has 0 radical (unpaired) electrons. The van der Waals surface area contributed by atoms with Crippen molar-refractivity contribution in [2.75, 3.05) is 4.90 Å². The standard InChI is InChI=1S/C55H35N3/c1-3-17-36(18-4-1)56(37-19-5-2-6-20-37)38-31-32-52-44(33-38)45-34-39(57-50-28-14-9-23-42(50)43-24-10-15-29-51(43)57)35-49-54(45)58(52)53-30-16-13-27-48(53)55(49)46-25-11-7-21-40(46)41-22-8-12-26-47(41)55/h1-35H. The van der Waals surface area contributed by atoms with E-state index in [0.29, 0.717) is 0 Å². The molecule has 1 spiro atoms. The SMILES string of the molecule is c1ccc(N(c2ccccc2)c2ccc3c(c2)c2cc(-n4c5ccccc5c5ccccc54)cc4c2n3-c2ccccc2C42c3ccccc3-c3ccccc32)cc1. The predicted octanol–water partition coefficient (Wildman–Crippen LogP) is 14.0. The summed E-state index contributed by atoms with van der Waals surface area (Å²) in [6, 6.07) is 78.6. The maximum atomic E-state index is 2.55. The first-order valence-electron chi connectivity index (χ1n) is 20.1. The Hall–Kier alpha value is -7.62. The highest BCUT2D eigenvalue weighted by molar-refractivity contribution is 6.16. The Bertz CT molecular complexity index is 3320. The molecule has 0 N–H and O–H groups in total. The van der Waals surface area contributed by atoms with Gasteiger partial charge in [-0.25, -0.2) is 0 Å². The molecule has 2 aromatic heterocycles. The second-order valence-electron chi connectivity index (χ2n) is 15.7. The lowest BCUT2D eigenvalue weighted by atomic mass is 9.65. The second-order valence-corrected chi connectivity index (χ2v) is 15.7. The molecule has 0 unspecified atom stereocenters.